The Balaban J connectivity index is 1.70. The Morgan fingerprint density at radius 1 is 1.27 bits per heavy atom. The van der Waals surface area contributed by atoms with E-state index in [1.807, 2.05) is 20.8 Å². The van der Waals surface area contributed by atoms with Crippen molar-refractivity contribution in [3.8, 4) is 0 Å². The molecule has 4 unspecified atom stereocenters. The van der Waals surface area contributed by atoms with Crippen LogP contribution in [0.3, 0.4) is 0 Å². The van der Waals surface area contributed by atoms with Gasteiger partial charge in [0.15, 0.2) is 5.78 Å². The standard InChI is InChI=1S/C29H43NO3/c1-6-9-23(28(3,4)32)11-7-12-24-15-16-26-21(10-8-17-29(24,26)5)13-14-22-18-25(30-33)19-27(31)20(22)2/h7,10-11,13-14,23-26,32H,6,8-9,12,15-19H2,1-5H3/b11-7+,14-13-/t23?,24?,25?,26?,29-/m1/s1. The van der Waals surface area contributed by atoms with Gasteiger partial charge in [0.1, 0.15) is 6.04 Å². The van der Waals surface area contributed by atoms with Crippen molar-refractivity contribution in [2.45, 2.75) is 104 Å². The third kappa shape index (κ3) is 5.82. The first-order chi connectivity index (χ1) is 15.6. The lowest BCUT2D eigenvalue weighted by atomic mass is 9.64. The summed E-state index contributed by atoms with van der Waals surface area (Å²) in [5.41, 5.74) is 2.76. The number of nitroso groups, excluding NO2 is 1. The van der Waals surface area contributed by atoms with Gasteiger partial charge >= 0.3 is 0 Å². The summed E-state index contributed by atoms with van der Waals surface area (Å²) >= 11 is 0. The number of hydrogen-bond donors (Lipinski definition) is 1. The number of fused-ring (bicyclic) bond motifs is 1. The summed E-state index contributed by atoms with van der Waals surface area (Å²) in [4.78, 5) is 23.3. The van der Waals surface area contributed by atoms with Crippen LogP contribution in [0.5, 0.6) is 0 Å². The molecule has 182 valence electrons. The molecule has 5 atom stereocenters. The van der Waals surface area contributed by atoms with Crippen molar-refractivity contribution in [1.82, 2.24) is 0 Å². The van der Waals surface area contributed by atoms with Gasteiger partial charge in [-0.05, 0) is 99.7 Å². The van der Waals surface area contributed by atoms with Crippen LogP contribution in [0, 0.1) is 28.1 Å². The first-order valence-electron chi connectivity index (χ1n) is 12.9. The normalized spacial score (nSPS) is 31.9. The molecule has 3 rings (SSSR count). The maximum absolute atomic E-state index is 12.2. The minimum atomic E-state index is -0.675. The van der Waals surface area contributed by atoms with Gasteiger partial charge in [0, 0.05) is 12.3 Å². The number of aliphatic hydroxyl groups is 1. The molecule has 0 amide bonds. The zero-order chi connectivity index (χ0) is 24.2. The van der Waals surface area contributed by atoms with Crippen LogP contribution in [-0.2, 0) is 4.79 Å². The summed E-state index contributed by atoms with van der Waals surface area (Å²) in [7, 11) is 0. The van der Waals surface area contributed by atoms with E-state index in [1.165, 1.54) is 24.8 Å². The first kappa shape index (κ1) is 25.8. The summed E-state index contributed by atoms with van der Waals surface area (Å²) < 4.78 is 0. The summed E-state index contributed by atoms with van der Waals surface area (Å²) in [6, 6.07) is -0.422. The summed E-state index contributed by atoms with van der Waals surface area (Å²) in [6.07, 6.45) is 20.0. The Kier molecular flexibility index (Phi) is 8.31. The van der Waals surface area contributed by atoms with Gasteiger partial charge in [-0.15, -0.1) is 0 Å². The second-order valence-electron chi connectivity index (χ2n) is 11.4. The molecule has 0 spiro atoms. The molecule has 0 saturated heterocycles. The summed E-state index contributed by atoms with van der Waals surface area (Å²) in [5.74, 6) is 1.45. The number of allylic oxidation sites excluding steroid dienone is 6. The Morgan fingerprint density at radius 2 is 2.03 bits per heavy atom. The molecule has 0 heterocycles. The van der Waals surface area contributed by atoms with Crippen LogP contribution in [0.25, 0.3) is 0 Å². The van der Waals surface area contributed by atoms with Gasteiger partial charge in [-0.1, -0.05) is 55.8 Å². The summed E-state index contributed by atoms with van der Waals surface area (Å²) in [5, 5.41) is 13.6. The number of hydrogen-bond acceptors (Lipinski definition) is 4. The molecule has 1 fully saturated rings. The Labute approximate surface area is 200 Å². The molecule has 0 aromatic heterocycles. The Hall–Kier alpha value is -1.81. The van der Waals surface area contributed by atoms with E-state index in [4.69, 9.17) is 0 Å². The number of Topliss-reactive ketones (excluding diaryl/α,β-unsaturated/α-hetero) is 1. The highest BCUT2D eigenvalue weighted by Crippen LogP contribution is 2.57. The second kappa shape index (κ2) is 10.6. The largest absolute Gasteiger partial charge is 0.390 e. The fourth-order valence-corrected chi connectivity index (χ4v) is 6.39. The van der Waals surface area contributed by atoms with Gasteiger partial charge < -0.3 is 5.11 Å². The lowest BCUT2D eigenvalue weighted by Gasteiger charge is -2.40. The van der Waals surface area contributed by atoms with Gasteiger partial charge in [0.2, 0.25) is 0 Å². The highest BCUT2D eigenvalue weighted by atomic mass is 16.3. The fraction of sp³-hybridized carbons (Fsp3) is 0.690. The maximum Gasteiger partial charge on any atom is 0.161 e. The average Bonchev–Trinajstić information content (AvgIpc) is 3.10. The molecule has 33 heavy (non-hydrogen) atoms. The molecule has 1 saturated carbocycles. The maximum atomic E-state index is 12.2. The number of carbonyl (C=O) groups excluding carboxylic acids is 1. The van der Waals surface area contributed by atoms with E-state index in [-0.39, 0.29) is 23.5 Å². The van der Waals surface area contributed by atoms with E-state index < -0.39 is 11.6 Å². The van der Waals surface area contributed by atoms with Gasteiger partial charge in [-0.2, -0.15) is 4.91 Å². The lowest BCUT2D eigenvalue weighted by molar-refractivity contribution is -0.116. The SMILES string of the molecule is CCCC(/C=C/CC1CCC2C(/C=C\C3=C(C)C(=O)CC(N=O)C3)=CCC[C@]12C)C(C)(C)O. The van der Waals surface area contributed by atoms with Crippen molar-refractivity contribution in [2.24, 2.45) is 28.3 Å². The van der Waals surface area contributed by atoms with Gasteiger partial charge in [0.05, 0.1) is 5.60 Å². The van der Waals surface area contributed by atoms with E-state index in [0.29, 0.717) is 18.3 Å². The first-order valence-corrected chi connectivity index (χ1v) is 12.9. The molecular formula is C29H43NO3. The van der Waals surface area contributed by atoms with Crippen LogP contribution < -0.4 is 0 Å². The predicted octanol–water partition coefficient (Wildman–Crippen LogP) is 7.24. The highest BCUT2D eigenvalue weighted by molar-refractivity contribution is 5.97. The van der Waals surface area contributed by atoms with Crippen LogP contribution in [0.1, 0.15) is 92.4 Å². The molecular weight excluding hydrogens is 410 g/mol. The van der Waals surface area contributed by atoms with Gasteiger partial charge in [-0.3, -0.25) is 4.79 Å². The number of nitrogens with zero attached hydrogens (tertiary/aromatic N) is 1. The summed E-state index contributed by atoms with van der Waals surface area (Å²) in [6.45, 7) is 10.3. The third-order valence-electron chi connectivity index (χ3n) is 8.70. The van der Waals surface area contributed by atoms with Crippen LogP contribution in [0.4, 0.5) is 0 Å². The molecule has 3 aliphatic rings. The average molecular weight is 454 g/mol. The molecule has 1 N–H and O–H groups in total. The minimum absolute atomic E-state index is 0.0492. The topological polar surface area (TPSA) is 66.7 Å². The van der Waals surface area contributed by atoms with E-state index >= 15 is 0 Å². The number of rotatable bonds is 9. The quantitative estimate of drug-likeness (QED) is 0.295. The Morgan fingerprint density at radius 3 is 2.70 bits per heavy atom. The van der Waals surface area contributed by atoms with E-state index in [9.17, 15) is 14.8 Å². The molecule has 0 bridgehead atoms. The molecule has 3 aliphatic carbocycles. The van der Waals surface area contributed by atoms with E-state index in [2.05, 4.69) is 49.4 Å². The number of carbonyl (C=O) groups is 1. The molecule has 0 aromatic rings. The van der Waals surface area contributed by atoms with Crippen molar-refractivity contribution in [2.75, 3.05) is 0 Å². The second-order valence-corrected chi connectivity index (χ2v) is 11.4. The minimum Gasteiger partial charge on any atom is -0.390 e. The van der Waals surface area contributed by atoms with Gasteiger partial charge in [-0.25, -0.2) is 0 Å². The van der Waals surface area contributed by atoms with Crippen molar-refractivity contribution >= 4 is 5.78 Å². The van der Waals surface area contributed by atoms with Crippen LogP contribution >= 0.6 is 0 Å². The smallest absolute Gasteiger partial charge is 0.161 e. The van der Waals surface area contributed by atoms with Crippen molar-refractivity contribution < 1.29 is 9.90 Å². The monoisotopic (exact) mass is 453 g/mol. The zero-order valence-corrected chi connectivity index (χ0v) is 21.3. The molecule has 4 heteroatoms. The third-order valence-corrected chi connectivity index (χ3v) is 8.70. The van der Waals surface area contributed by atoms with Crippen molar-refractivity contribution in [3.63, 3.8) is 0 Å². The molecule has 4 nitrogen and oxygen atoms in total. The molecule has 0 aromatic carbocycles. The van der Waals surface area contributed by atoms with Crippen LogP contribution in [0.2, 0.25) is 0 Å². The number of ketones is 1. The Bertz CT molecular complexity index is 857. The zero-order valence-electron chi connectivity index (χ0n) is 21.3. The van der Waals surface area contributed by atoms with E-state index in [0.717, 1.165) is 36.8 Å². The van der Waals surface area contributed by atoms with Crippen LogP contribution in [0.15, 0.2) is 52.3 Å². The van der Waals surface area contributed by atoms with Crippen LogP contribution in [-0.4, -0.2) is 22.5 Å². The highest BCUT2D eigenvalue weighted by Gasteiger charge is 2.47. The van der Waals surface area contributed by atoms with Gasteiger partial charge in [0.25, 0.3) is 0 Å². The fourth-order valence-electron chi connectivity index (χ4n) is 6.39. The lowest BCUT2D eigenvalue weighted by Crippen LogP contribution is -2.32. The van der Waals surface area contributed by atoms with E-state index in [1.54, 1.807) is 0 Å². The van der Waals surface area contributed by atoms with Crippen molar-refractivity contribution in [3.05, 3.63) is 52.0 Å². The predicted molar refractivity (Wildman–Crippen MR) is 136 cm³/mol. The molecule has 0 radical (unpaired) electrons. The van der Waals surface area contributed by atoms with Crippen molar-refractivity contribution in [1.29, 1.82) is 0 Å². The molecule has 0 aliphatic heterocycles.